The highest BCUT2D eigenvalue weighted by Gasteiger charge is 2.28. The number of nitrogens with zero attached hydrogens (tertiary/aromatic N) is 3. The zero-order valence-corrected chi connectivity index (χ0v) is 20.3. The van der Waals surface area contributed by atoms with E-state index in [1.807, 2.05) is 13.0 Å². The number of nitro groups is 1. The lowest BCUT2D eigenvalue weighted by Gasteiger charge is -2.39. The van der Waals surface area contributed by atoms with Crippen molar-refractivity contribution in [2.75, 3.05) is 36.5 Å². The maximum Gasteiger partial charge on any atom is 0.312 e. The first-order chi connectivity index (χ1) is 16.4. The van der Waals surface area contributed by atoms with Crippen LogP contribution in [-0.4, -0.2) is 43.4 Å². The molecule has 0 aromatic heterocycles. The molecule has 2 aromatic rings. The third-order valence-electron chi connectivity index (χ3n) is 6.80. The van der Waals surface area contributed by atoms with Gasteiger partial charge in [0.05, 0.1) is 4.92 Å². The summed E-state index contributed by atoms with van der Waals surface area (Å²) in [6.45, 7) is 6.12. The molecule has 4 rings (SSSR count). The minimum Gasteiger partial charge on any atom is -0.482 e. The summed E-state index contributed by atoms with van der Waals surface area (Å²) in [6.07, 6.45) is 7.86. The van der Waals surface area contributed by atoms with Crippen molar-refractivity contribution in [3.05, 3.63) is 70.5 Å². The van der Waals surface area contributed by atoms with Crippen molar-refractivity contribution in [2.45, 2.75) is 51.2 Å². The first-order valence-corrected chi connectivity index (χ1v) is 12.1. The molecule has 2 N–H and O–H groups in total. The minimum absolute atomic E-state index is 0.00142. The summed E-state index contributed by atoms with van der Waals surface area (Å²) in [7, 11) is 2.16. The summed E-state index contributed by atoms with van der Waals surface area (Å²) < 4.78 is 5.82. The van der Waals surface area contributed by atoms with Crippen molar-refractivity contribution >= 4 is 17.1 Å². The van der Waals surface area contributed by atoms with Gasteiger partial charge in [-0.2, -0.15) is 0 Å². The first kappa shape index (κ1) is 23.7. The van der Waals surface area contributed by atoms with Gasteiger partial charge >= 0.3 is 5.69 Å². The van der Waals surface area contributed by atoms with Gasteiger partial charge < -0.3 is 25.2 Å². The van der Waals surface area contributed by atoms with Crippen molar-refractivity contribution in [1.29, 1.82) is 0 Å². The van der Waals surface area contributed by atoms with Gasteiger partial charge in [-0.3, -0.25) is 10.1 Å². The number of aryl methyl sites for hydroxylation is 1. The molecule has 0 bridgehead atoms. The summed E-state index contributed by atoms with van der Waals surface area (Å²) in [5.74, 6) is 0.284. The van der Waals surface area contributed by atoms with Crippen molar-refractivity contribution < 1.29 is 9.66 Å². The molecule has 0 atom stereocenters. The van der Waals surface area contributed by atoms with Gasteiger partial charge in [0.1, 0.15) is 12.3 Å². The van der Waals surface area contributed by atoms with Gasteiger partial charge in [0.2, 0.25) is 0 Å². The maximum absolute atomic E-state index is 11.8. The molecule has 0 spiro atoms. The Labute approximate surface area is 201 Å². The number of hydrogen-bond acceptors (Lipinski definition) is 7. The van der Waals surface area contributed by atoms with Crippen LogP contribution in [0.5, 0.6) is 5.75 Å². The van der Waals surface area contributed by atoms with Crippen LogP contribution in [-0.2, 0) is 6.42 Å². The van der Waals surface area contributed by atoms with E-state index in [4.69, 9.17) is 4.74 Å². The molecule has 0 saturated carbocycles. The Balaban J connectivity index is 1.37. The van der Waals surface area contributed by atoms with Gasteiger partial charge in [-0.05, 0) is 56.0 Å². The Morgan fingerprint density at radius 1 is 1.15 bits per heavy atom. The first-order valence-electron chi connectivity index (χ1n) is 12.1. The summed E-state index contributed by atoms with van der Waals surface area (Å²) >= 11 is 0. The molecule has 34 heavy (non-hydrogen) atoms. The van der Waals surface area contributed by atoms with E-state index in [-0.39, 0.29) is 23.0 Å². The van der Waals surface area contributed by atoms with Gasteiger partial charge in [-0.25, -0.2) is 0 Å². The smallest absolute Gasteiger partial charge is 0.312 e. The quantitative estimate of drug-likeness (QED) is 0.419. The van der Waals surface area contributed by atoms with E-state index in [0.717, 1.165) is 44.5 Å². The number of rotatable bonds is 9. The lowest BCUT2D eigenvalue weighted by atomic mass is 10.0. The number of benzene rings is 2. The second kappa shape index (κ2) is 10.2. The third-order valence-corrected chi connectivity index (χ3v) is 6.80. The van der Waals surface area contributed by atoms with Crippen LogP contribution in [0.3, 0.4) is 0 Å². The Kier molecular flexibility index (Phi) is 7.14. The monoisotopic (exact) mass is 465 g/mol. The fourth-order valence-electron chi connectivity index (χ4n) is 4.67. The molecule has 0 amide bonds. The average Bonchev–Trinajstić information content (AvgIpc) is 3.29. The summed E-state index contributed by atoms with van der Waals surface area (Å²) in [5, 5.41) is 18.1. The van der Waals surface area contributed by atoms with Crippen LogP contribution in [0.15, 0.2) is 54.9 Å². The fourth-order valence-corrected chi connectivity index (χ4v) is 4.67. The maximum atomic E-state index is 11.8. The Bertz CT molecular complexity index is 1010. The Morgan fingerprint density at radius 3 is 2.44 bits per heavy atom. The highest BCUT2D eigenvalue weighted by Crippen LogP contribution is 2.34. The molecule has 2 aliphatic rings. The molecule has 2 heterocycles. The number of anilines is 2. The van der Waals surface area contributed by atoms with Crippen LogP contribution in [0.2, 0.25) is 0 Å². The van der Waals surface area contributed by atoms with Crippen LogP contribution < -0.4 is 25.2 Å². The number of nitrogens with one attached hydrogen (secondary N) is 2. The van der Waals surface area contributed by atoms with Gasteiger partial charge in [0.15, 0.2) is 5.75 Å². The SMILES string of the molecule is CCCc1ccc(N(C)C2CCN(c3ccc(OCC4(C)NC=CN4)c([N+](=O)[O-])c3)CC2)cc1. The molecule has 0 unspecified atom stereocenters. The molecule has 8 heteroatoms. The molecule has 2 aliphatic heterocycles. The van der Waals surface area contributed by atoms with E-state index in [9.17, 15) is 10.1 Å². The highest BCUT2D eigenvalue weighted by atomic mass is 16.6. The van der Waals surface area contributed by atoms with E-state index >= 15 is 0 Å². The fraction of sp³-hybridized carbons (Fsp3) is 0.462. The Hall–Kier alpha value is -3.42. The molecular formula is C26H35N5O3. The predicted octanol–water partition coefficient (Wildman–Crippen LogP) is 4.41. The lowest BCUT2D eigenvalue weighted by Crippen LogP contribution is -2.50. The second-order valence-electron chi connectivity index (χ2n) is 9.40. The standard InChI is InChI=1S/C26H35N5O3/c1-4-5-20-6-8-21(9-7-20)29(3)22-12-16-30(17-13-22)23-10-11-25(24(18-23)31(32)33)34-19-26(2)27-14-15-28-26/h6-11,14-15,18,22,27-28H,4-5,12-13,16-17,19H2,1-3H3. The van der Waals surface area contributed by atoms with Crippen LogP contribution in [0.25, 0.3) is 0 Å². The minimum atomic E-state index is -0.475. The molecule has 2 aromatic carbocycles. The molecule has 1 fully saturated rings. The molecule has 8 nitrogen and oxygen atoms in total. The van der Waals surface area contributed by atoms with Crippen molar-refractivity contribution in [2.24, 2.45) is 0 Å². The summed E-state index contributed by atoms with van der Waals surface area (Å²) in [4.78, 5) is 16.0. The topological polar surface area (TPSA) is 82.9 Å². The summed E-state index contributed by atoms with van der Waals surface area (Å²) in [5.41, 5.74) is 3.01. The number of piperidine rings is 1. The lowest BCUT2D eigenvalue weighted by molar-refractivity contribution is -0.385. The normalized spacial score (nSPS) is 17.2. The van der Waals surface area contributed by atoms with Gasteiger partial charge in [-0.1, -0.05) is 25.5 Å². The van der Waals surface area contributed by atoms with Crippen molar-refractivity contribution in [3.63, 3.8) is 0 Å². The van der Waals surface area contributed by atoms with E-state index in [2.05, 4.69) is 58.7 Å². The second-order valence-corrected chi connectivity index (χ2v) is 9.40. The largest absolute Gasteiger partial charge is 0.482 e. The van der Waals surface area contributed by atoms with Gasteiger partial charge in [-0.15, -0.1) is 0 Å². The molecular weight excluding hydrogens is 430 g/mol. The zero-order chi connectivity index (χ0) is 24.1. The highest BCUT2D eigenvalue weighted by molar-refractivity contribution is 5.60. The molecule has 182 valence electrons. The van der Waals surface area contributed by atoms with Crippen molar-refractivity contribution in [1.82, 2.24) is 10.6 Å². The van der Waals surface area contributed by atoms with Crippen LogP contribution in [0, 0.1) is 10.1 Å². The number of nitro benzene ring substituents is 1. The van der Waals surface area contributed by atoms with Crippen molar-refractivity contribution in [3.8, 4) is 5.75 Å². The Morgan fingerprint density at radius 2 is 1.82 bits per heavy atom. The molecule has 1 saturated heterocycles. The van der Waals surface area contributed by atoms with E-state index < -0.39 is 5.66 Å². The average molecular weight is 466 g/mol. The molecule has 0 radical (unpaired) electrons. The molecule has 0 aliphatic carbocycles. The zero-order valence-electron chi connectivity index (χ0n) is 20.3. The van der Waals surface area contributed by atoms with E-state index in [1.54, 1.807) is 24.5 Å². The van der Waals surface area contributed by atoms with Gasteiger partial charge in [0.25, 0.3) is 0 Å². The van der Waals surface area contributed by atoms with Crippen LogP contribution in [0.1, 0.15) is 38.7 Å². The van der Waals surface area contributed by atoms with E-state index in [1.165, 1.54) is 11.3 Å². The number of hydrogen-bond donors (Lipinski definition) is 2. The predicted molar refractivity (Wildman–Crippen MR) is 136 cm³/mol. The summed E-state index contributed by atoms with van der Waals surface area (Å²) in [6, 6.07) is 14.6. The third kappa shape index (κ3) is 5.38. The van der Waals surface area contributed by atoms with E-state index in [0.29, 0.717) is 6.04 Å². The van der Waals surface area contributed by atoms with Gasteiger partial charge in [0, 0.05) is 56.0 Å². The number of ether oxygens (including phenoxy) is 1. The van der Waals surface area contributed by atoms with Crippen LogP contribution in [0.4, 0.5) is 17.1 Å². The van der Waals surface area contributed by atoms with Crippen LogP contribution >= 0.6 is 0 Å².